The van der Waals surface area contributed by atoms with Crippen molar-refractivity contribution in [2.75, 3.05) is 0 Å². The highest BCUT2D eigenvalue weighted by Crippen LogP contribution is 2.22. The first-order valence-corrected chi connectivity index (χ1v) is 9.19. The Kier molecular flexibility index (Phi) is 7.44. The molecule has 0 aromatic heterocycles. The molecule has 2 N–H and O–H groups in total. The maximum atomic E-state index is 12.1. The van der Waals surface area contributed by atoms with E-state index in [0.29, 0.717) is 18.8 Å². The van der Waals surface area contributed by atoms with Gasteiger partial charge in [0, 0.05) is 6.04 Å². The van der Waals surface area contributed by atoms with E-state index < -0.39 is 23.7 Å². The lowest BCUT2D eigenvalue weighted by Gasteiger charge is -2.23. The average Bonchev–Trinajstić information content (AvgIpc) is 2.59. The molecule has 0 heterocycles. The van der Waals surface area contributed by atoms with E-state index in [1.54, 1.807) is 20.8 Å². The van der Waals surface area contributed by atoms with Crippen molar-refractivity contribution in [3.8, 4) is 5.75 Å². The summed E-state index contributed by atoms with van der Waals surface area (Å²) < 4.78 is 11.2. The molecule has 0 aliphatic rings. The Morgan fingerprint density at radius 3 is 2.32 bits per heavy atom. The van der Waals surface area contributed by atoms with Gasteiger partial charge in [-0.25, -0.2) is 4.79 Å². The molecule has 1 atom stereocenters. The zero-order valence-electron chi connectivity index (χ0n) is 16.5. The van der Waals surface area contributed by atoms with Crippen LogP contribution < -0.4 is 10.1 Å². The van der Waals surface area contributed by atoms with Crippen LogP contribution in [0.4, 0.5) is 4.79 Å². The number of amides is 1. The molecule has 0 saturated heterocycles. The molecule has 0 aliphatic heterocycles. The van der Waals surface area contributed by atoms with Gasteiger partial charge in [0.2, 0.25) is 0 Å². The number of carbonyl (C=O) groups excluding carboxylic acids is 1. The maximum absolute atomic E-state index is 12.1. The van der Waals surface area contributed by atoms with Crippen LogP contribution in [-0.4, -0.2) is 28.8 Å². The van der Waals surface area contributed by atoms with Crippen LogP contribution in [-0.2, 0) is 22.6 Å². The fourth-order valence-electron chi connectivity index (χ4n) is 2.67. The number of carboxylic acids is 1. The fourth-order valence-corrected chi connectivity index (χ4v) is 2.67. The minimum atomic E-state index is -0.997. The average molecular weight is 385 g/mol. The molecule has 2 aromatic rings. The second-order valence-electron chi connectivity index (χ2n) is 7.53. The number of carbonyl (C=O) groups is 2. The molecule has 0 saturated carbocycles. The lowest BCUT2D eigenvalue weighted by molar-refractivity contribution is -0.137. The number of hydrogen-bond donors (Lipinski definition) is 2. The summed E-state index contributed by atoms with van der Waals surface area (Å²) in [5, 5.41) is 11.9. The predicted molar refractivity (Wildman–Crippen MR) is 106 cm³/mol. The topological polar surface area (TPSA) is 84.9 Å². The zero-order chi connectivity index (χ0) is 20.6. The van der Waals surface area contributed by atoms with Crippen molar-refractivity contribution in [2.45, 2.75) is 51.9 Å². The SMILES string of the molecule is CC(C)(C)OC(=O)NC(CC(=O)O)Cc1ccccc1OCc1ccccc1. The normalized spacial score (nSPS) is 12.1. The lowest BCUT2D eigenvalue weighted by atomic mass is 10.0. The van der Waals surface area contributed by atoms with E-state index in [9.17, 15) is 14.7 Å². The van der Waals surface area contributed by atoms with Gasteiger partial charge in [-0.15, -0.1) is 0 Å². The maximum Gasteiger partial charge on any atom is 0.407 e. The highest BCUT2D eigenvalue weighted by atomic mass is 16.6. The molecule has 1 unspecified atom stereocenters. The van der Waals surface area contributed by atoms with Gasteiger partial charge in [0.15, 0.2) is 0 Å². The van der Waals surface area contributed by atoms with Crippen molar-refractivity contribution < 1.29 is 24.2 Å². The molecular weight excluding hydrogens is 358 g/mol. The largest absolute Gasteiger partial charge is 0.489 e. The molecule has 2 aromatic carbocycles. The number of benzene rings is 2. The number of hydrogen-bond acceptors (Lipinski definition) is 4. The highest BCUT2D eigenvalue weighted by molar-refractivity contribution is 5.71. The van der Waals surface area contributed by atoms with Gasteiger partial charge in [-0.05, 0) is 44.4 Å². The molecule has 0 aliphatic carbocycles. The molecule has 150 valence electrons. The van der Waals surface area contributed by atoms with E-state index in [-0.39, 0.29) is 6.42 Å². The molecular formula is C22H27NO5. The number of nitrogens with one attached hydrogen (secondary N) is 1. The van der Waals surface area contributed by atoms with Crippen LogP contribution in [0.15, 0.2) is 54.6 Å². The van der Waals surface area contributed by atoms with Crippen molar-refractivity contribution >= 4 is 12.1 Å². The van der Waals surface area contributed by atoms with Crippen molar-refractivity contribution in [1.29, 1.82) is 0 Å². The van der Waals surface area contributed by atoms with Crippen molar-refractivity contribution in [3.05, 3.63) is 65.7 Å². The summed E-state index contributed by atoms with van der Waals surface area (Å²) in [6, 6.07) is 16.6. The first-order chi connectivity index (χ1) is 13.2. The van der Waals surface area contributed by atoms with Crippen LogP contribution in [0.3, 0.4) is 0 Å². The highest BCUT2D eigenvalue weighted by Gasteiger charge is 2.22. The smallest absolute Gasteiger partial charge is 0.407 e. The summed E-state index contributed by atoms with van der Waals surface area (Å²) >= 11 is 0. The molecule has 28 heavy (non-hydrogen) atoms. The van der Waals surface area contributed by atoms with Gasteiger partial charge in [0.1, 0.15) is 18.0 Å². The van der Waals surface area contributed by atoms with Gasteiger partial charge in [-0.1, -0.05) is 48.5 Å². The monoisotopic (exact) mass is 385 g/mol. The summed E-state index contributed by atoms with van der Waals surface area (Å²) in [7, 11) is 0. The summed E-state index contributed by atoms with van der Waals surface area (Å²) in [6.45, 7) is 5.67. The second kappa shape index (κ2) is 9.78. The first-order valence-electron chi connectivity index (χ1n) is 9.19. The molecule has 2 rings (SSSR count). The Hall–Kier alpha value is -3.02. The predicted octanol–water partition coefficient (Wildman–Crippen LogP) is 4.18. The number of alkyl carbamates (subject to hydrolysis) is 1. The number of rotatable bonds is 8. The van der Waals surface area contributed by atoms with Crippen molar-refractivity contribution in [3.63, 3.8) is 0 Å². The number of carboxylic acid groups (broad SMARTS) is 1. The lowest BCUT2D eigenvalue weighted by Crippen LogP contribution is -2.41. The Labute approximate surface area is 165 Å². The van der Waals surface area contributed by atoms with Crippen molar-refractivity contribution in [2.24, 2.45) is 0 Å². The van der Waals surface area contributed by atoms with Crippen molar-refractivity contribution in [1.82, 2.24) is 5.32 Å². The third kappa shape index (κ3) is 7.70. The third-order valence-corrected chi connectivity index (χ3v) is 3.82. The fraction of sp³-hybridized carbons (Fsp3) is 0.364. The van der Waals surface area contributed by atoms with Crippen LogP contribution in [0.2, 0.25) is 0 Å². The van der Waals surface area contributed by atoms with E-state index in [0.717, 1.165) is 11.1 Å². The van der Waals surface area contributed by atoms with E-state index in [4.69, 9.17) is 9.47 Å². The number of aliphatic carboxylic acids is 1. The van der Waals surface area contributed by atoms with E-state index in [1.807, 2.05) is 54.6 Å². The molecule has 1 amide bonds. The zero-order valence-corrected chi connectivity index (χ0v) is 16.5. The van der Waals surface area contributed by atoms with Crippen LogP contribution >= 0.6 is 0 Å². The standard InChI is InChI=1S/C22H27NO5/c1-22(2,3)28-21(26)23-18(14-20(24)25)13-17-11-7-8-12-19(17)27-15-16-9-5-4-6-10-16/h4-12,18H,13-15H2,1-3H3,(H,23,26)(H,24,25). The Morgan fingerprint density at radius 1 is 1.04 bits per heavy atom. The molecule has 0 fully saturated rings. The quantitative estimate of drug-likeness (QED) is 0.712. The van der Waals surface area contributed by atoms with E-state index >= 15 is 0 Å². The van der Waals surface area contributed by atoms with Crippen LogP contribution in [0.25, 0.3) is 0 Å². The van der Waals surface area contributed by atoms with Crippen LogP contribution in [0.5, 0.6) is 5.75 Å². The summed E-state index contributed by atoms with van der Waals surface area (Å²) in [5.74, 6) is -0.337. The van der Waals surface area contributed by atoms with E-state index in [2.05, 4.69) is 5.32 Å². The van der Waals surface area contributed by atoms with Gasteiger partial charge < -0.3 is 19.9 Å². The molecule has 0 bridgehead atoms. The van der Waals surface area contributed by atoms with Gasteiger partial charge in [-0.2, -0.15) is 0 Å². The van der Waals surface area contributed by atoms with Gasteiger partial charge >= 0.3 is 12.1 Å². The van der Waals surface area contributed by atoms with Crippen LogP contribution in [0, 0.1) is 0 Å². The molecule has 0 radical (unpaired) electrons. The Morgan fingerprint density at radius 2 is 1.68 bits per heavy atom. The summed E-state index contributed by atoms with van der Waals surface area (Å²) in [4.78, 5) is 23.3. The minimum Gasteiger partial charge on any atom is -0.489 e. The summed E-state index contributed by atoms with van der Waals surface area (Å²) in [6.07, 6.45) is -0.538. The van der Waals surface area contributed by atoms with Crippen LogP contribution in [0.1, 0.15) is 38.3 Å². The minimum absolute atomic E-state index is 0.216. The van der Waals surface area contributed by atoms with Gasteiger partial charge in [0.05, 0.1) is 6.42 Å². The first kappa shape index (κ1) is 21.3. The molecule has 6 heteroatoms. The van der Waals surface area contributed by atoms with E-state index in [1.165, 1.54) is 0 Å². The third-order valence-electron chi connectivity index (χ3n) is 3.82. The number of para-hydroxylation sites is 1. The molecule has 6 nitrogen and oxygen atoms in total. The van der Waals surface area contributed by atoms with Gasteiger partial charge in [0.25, 0.3) is 0 Å². The second-order valence-corrected chi connectivity index (χ2v) is 7.53. The molecule has 0 spiro atoms. The Bertz CT molecular complexity index is 783. The number of ether oxygens (including phenoxy) is 2. The Balaban J connectivity index is 2.08. The summed E-state index contributed by atoms with van der Waals surface area (Å²) in [5.41, 5.74) is 1.20. The van der Waals surface area contributed by atoms with Gasteiger partial charge in [-0.3, -0.25) is 4.79 Å².